The Morgan fingerprint density at radius 3 is 2.35 bits per heavy atom. The summed E-state index contributed by atoms with van der Waals surface area (Å²) in [5.74, 6) is -0.0278. The molecule has 1 aromatic heterocycles. The fraction of sp³-hybridized carbons (Fsp3) is 0.200. The van der Waals surface area contributed by atoms with E-state index < -0.39 is 0 Å². The van der Waals surface area contributed by atoms with Gasteiger partial charge < -0.3 is 10.2 Å². The molecule has 0 fully saturated rings. The molecule has 132 valence electrons. The van der Waals surface area contributed by atoms with Crippen LogP contribution in [0.25, 0.3) is 0 Å². The Bertz CT molecular complexity index is 893. The van der Waals surface area contributed by atoms with Crippen molar-refractivity contribution in [1.82, 2.24) is 10.3 Å². The van der Waals surface area contributed by atoms with E-state index in [4.69, 9.17) is 0 Å². The summed E-state index contributed by atoms with van der Waals surface area (Å²) in [7, 11) is 0. The molecule has 1 aliphatic rings. The van der Waals surface area contributed by atoms with E-state index in [-0.39, 0.29) is 5.91 Å². The van der Waals surface area contributed by atoms with Crippen molar-refractivity contribution in [1.29, 1.82) is 0 Å². The zero-order chi connectivity index (χ0) is 17.9. The van der Waals surface area contributed by atoms with Crippen LogP contribution in [-0.2, 0) is 0 Å². The van der Waals surface area contributed by atoms with E-state index in [1.54, 1.807) is 5.51 Å². The largest absolute Gasteiger partial charge is 0.351 e. The summed E-state index contributed by atoms with van der Waals surface area (Å²) < 4.78 is 0. The van der Waals surface area contributed by atoms with Crippen molar-refractivity contribution in [3.8, 4) is 0 Å². The van der Waals surface area contributed by atoms with Crippen molar-refractivity contribution >= 4 is 40.4 Å². The van der Waals surface area contributed by atoms with Gasteiger partial charge in [-0.1, -0.05) is 36.0 Å². The normalized spacial score (nSPS) is 12.4. The topological polar surface area (TPSA) is 45.2 Å². The number of hydrogen-bond donors (Lipinski definition) is 1. The molecule has 4 nitrogen and oxygen atoms in total. The van der Waals surface area contributed by atoms with Gasteiger partial charge in [-0.25, -0.2) is 4.98 Å². The maximum absolute atomic E-state index is 12.2. The molecule has 0 radical (unpaired) electrons. The maximum atomic E-state index is 12.2. The van der Waals surface area contributed by atoms with Gasteiger partial charge in [-0.3, -0.25) is 4.79 Å². The zero-order valence-electron chi connectivity index (χ0n) is 14.4. The number of rotatable bonds is 5. The van der Waals surface area contributed by atoms with Crippen LogP contribution >= 0.6 is 23.1 Å². The van der Waals surface area contributed by atoms with Gasteiger partial charge in [0.05, 0.1) is 22.6 Å². The summed E-state index contributed by atoms with van der Waals surface area (Å²) >= 11 is 3.20. The van der Waals surface area contributed by atoms with Crippen LogP contribution in [0, 0.1) is 6.92 Å². The van der Waals surface area contributed by atoms with Crippen LogP contribution in [0.15, 0.2) is 63.8 Å². The minimum atomic E-state index is -0.0278. The van der Waals surface area contributed by atoms with Gasteiger partial charge >= 0.3 is 0 Å². The van der Waals surface area contributed by atoms with Crippen LogP contribution in [0.2, 0.25) is 0 Å². The number of fused-ring (bicyclic) bond motifs is 2. The highest BCUT2D eigenvalue weighted by Gasteiger charge is 2.22. The van der Waals surface area contributed by atoms with E-state index in [1.165, 1.54) is 32.5 Å². The molecule has 3 aromatic rings. The molecule has 0 spiro atoms. The number of carbonyl (C=O) groups excluding carboxylic acids is 1. The standard InChI is InChI=1S/C20H19N3OS2/c1-14-19(25-13-22-14)20(24)21-11-6-12-23-15-7-2-4-9-17(15)26-18-10-5-3-8-16(18)23/h2-5,7-10,13H,6,11-12H2,1H3,(H,21,24). The van der Waals surface area contributed by atoms with Gasteiger partial charge in [0, 0.05) is 22.9 Å². The van der Waals surface area contributed by atoms with Crippen LogP contribution in [0.5, 0.6) is 0 Å². The molecule has 1 N–H and O–H groups in total. The summed E-state index contributed by atoms with van der Waals surface area (Å²) in [6.45, 7) is 3.37. The molecule has 2 aromatic carbocycles. The van der Waals surface area contributed by atoms with Crippen molar-refractivity contribution in [2.75, 3.05) is 18.0 Å². The van der Waals surface area contributed by atoms with E-state index in [1.807, 2.05) is 18.7 Å². The molecule has 1 amide bonds. The van der Waals surface area contributed by atoms with Gasteiger partial charge in [-0.2, -0.15) is 0 Å². The third-order valence-electron chi connectivity index (χ3n) is 4.33. The number of carbonyl (C=O) groups is 1. The van der Waals surface area contributed by atoms with E-state index in [9.17, 15) is 4.79 Å². The monoisotopic (exact) mass is 381 g/mol. The fourth-order valence-corrected chi connectivity index (χ4v) is 4.88. The lowest BCUT2D eigenvalue weighted by molar-refractivity contribution is 0.0956. The number of aryl methyl sites for hydroxylation is 1. The number of amides is 1. The van der Waals surface area contributed by atoms with Crippen LogP contribution < -0.4 is 10.2 Å². The number of hydrogen-bond acceptors (Lipinski definition) is 5. The van der Waals surface area contributed by atoms with Crippen LogP contribution in [0.1, 0.15) is 21.8 Å². The molecule has 2 heterocycles. The Morgan fingerprint density at radius 2 is 1.73 bits per heavy atom. The molecule has 1 aliphatic heterocycles. The summed E-state index contributed by atoms with van der Waals surface area (Å²) in [6, 6.07) is 17.0. The fourth-order valence-electron chi connectivity index (χ4n) is 3.06. The Balaban J connectivity index is 1.44. The Morgan fingerprint density at radius 1 is 1.08 bits per heavy atom. The van der Waals surface area contributed by atoms with Gasteiger partial charge in [-0.15, -0.1) is 11.3 Å². The molecule has 0 unspecified atom stereocenters. The zero-order valence-corrected chi connectivity index (χ0v) is 16.1. The predicted octanol–water partition coefficient (Wildman–Crippen LogP) is 4.87. The number of benzene rings is 2. The van der Waals surface area contributed by atoms with Gasteiger partial charge in [0.15, 0.2) is 0 Å². The molecule has 0 aliphatic carbocycles. The Hall–Kier alpha value is -2.31. The highest BCUT2D eigenvalue weighted by atomic mass is 32.2. The van der Waals surface area contributed by atoms with Crippen LogP contribution in [-0.4, -0.2) is 24.0 Å². The molecule has 4 rings (SSSR count). The van der Waals surface area contributed by atoms with Crippen LogP contribution in [0.4, 0.5) is 11.4 Å². The lowest BCUT2D eigenvalue weighted by Crippen LogP contribution is -2.28. The smallest absolute Gasteiger partial charge is 0.263 e. The molecule has 6 heteroatoms. The number of nitrogens with zero attached hydrogens (tertiary/aromatic N) is 2. The van der Waals surface area contributed by atoms with Crippen LogP contribution in [0.3, 0.4) is 0 Å². The lowest BCUT2D eigenvalue weighted by Gasteiger charge is -2.32. The second kappa shape index (κ2) is 7.51. The average molecular weight is 382 g/mol. The third kappa shape index (κ3) is 3.34. The first-order valence-electron chi connectivity index (χ1n) is 8.56. The van der Waals surface area contributed by atoms with Gasteiger partial charge in [0.1, 0.15) is 4.88 Å². The Labute approximate surface area is 161 Å². The average Bonchev–Trinajstić information content (AvgIpc) is 3.10. The first-order valence-corrected chi connectivity index (χ1v) is 10.3. The molecule has 0 bridgehead atoms. The summed E-state index contributed by atoms with van der Waals surface area (Å²) in [6.07, 6.45) is 0.872. The number of thiazole rings is 1. The predicted molar refractivity (Wildman–Crippen MR) is 108 cm³/mol. The van der Waals surface area contributed by atoms with E-state index >= 15 is 0 Å². The lowest BCUT2D eigenvalue weighted by atomic mass is 10.2. The third-order valence-corrected chi connectivity index (χ3v) is 6.39. The minimum absolute atomic E-state index is 0.0278. The van der Waals surface area contributed by atoms with E-state index in [0.29, 0.717) is 11.4 Å². The number of anilines is 2. The first-order chi connectivity index (χ1) is 12.7. The molecular formula is C20H19N3OS2. The highest BCUT2D eigenvalue weighted by molar-refractivity contribution is 7.99. The van der Waals surface area contributed by atoms with Gasteiger partial charge in [0.2, 0.25) is 0 Å². The molecule has 26 heavy (non-hydrogen) atoms. The summed E-state index contributed by atoms with van der Waals surface area (Å²) in [5, 5.41) is 3.01. The quantitative estimate of drug-likeness (QED) is 0.640. The first kappa shape index (κ1) is 17.1. The molecular weight excluding hydrogens is 362 g/mol. The Kier molecular flexibility index (Phi) is 4.95. The number of para-hydroxylation sites is 2. The van der Waals surface area contributed by atoms with Gasteiger partial charge in [-0.05, 0) is 37.6 Å². The second-order valence-corrected chi connectivity index (χ2v) is 8.00. The van der Waals surface area contributed by atoms with Crippen molar-refractivity contribution in [2.24, 2.45) is 0 Å². The second-order valence-electron chi connectivity index (χ2n) is 6.07. The van der Waals surface area contributed by atoms with E-state index in [2.05, 4.69) is 63.7 Å². The summed E-state index contributed by atoms with van der Waals surface area (Å²) in [5.41, 5.74) is 4.98. The highest BCUT2D eigenvalue weighted by Crippen LogP contribution is 2.47. The summed E-state index contributed by atoms with van der Waals surface area (Å²) in [4.78, 5) is 22.0. The van der Waals surface area contributed by atoms with Crippen molar-refractivity contribution in [3.63, 3.8) is 0 Å². The minimum Gasteiger partial charge on any atom is -0.351 e. The molecule has 0 saturated carbocycles. The van der Waals surface area contributed by atoms with Crippen molar-refractivity contribution < 1.29 is 4.79 Å². The van der Waals surface area contributed by atoms with Crippen molar-refractivity contribution in [3.05, 3.63) is 64.6 Å². The molecule has 0 saturated heterocycles. The van der Waals surface area contributed by atoms with Gasteiger partial charge in [0.25, 0.3) is 5.91 Å². The van der Waals surface area contributed by atoms with Crippen molar-refractivity contribution in [2.45, 2.75) is 23.1 Å². The number of aromatic nitrogens is 1. The number of nitrogens with one attached hydrogen (secondary N) is 1. The van der Waals surface area contributed by atoms with E-state index in [0.717, 1.165) is 18.7 Å². The molecule has 0 atom stereocenters. The maximum Gasteiger partial charge on any atom is 0.263 e. The SMILES string of the molecule is Cc1ncsc1C(=O)NCCCN1c2ccccc2Sc2ccccc21.